The van der Waals surface area contributed by atoms with Crippen molar-refractivity contribution >= 4 is 22.8 Å². The summed E-state index contributed by atoms with van der Waals surface area (Å²) in [6.07, 6.45) is 4.61. The lowest BCUT2D eigenvalue weighted by atomic mass is 10.1. The second kappa shape index (κ2) is 6.58. The van der Waals surface area contributed by atoms with E-state index in [9.17, 15) is 9.59 Å². The molecule has 2 atom stereocenters. The third kappa shape index (κ3) is 3.87. The molecule has 18 heavy (non-hydrogen) atoms. The Hall–Kier alpha value is -1.30. The quantitative estimate of drug-likeness (QED) is 0.628. The van der Waals surface area contributed by atoms with Gasteiger partial charge in [-0.1, -0.05) is 11.8 Å². The molecule has 0 radical (unpaired) electrons. The molecular weight excluding hydrogens is 252 g/mol. The molecule has 98 valence electrons. The molecule has 0 spiro atoms. The number of esters is 1. The van der Waals surface area contributed by atoms with E-state index in [1.807, 2.05) is 6.20 Å². The first-order valence-corrected chi connectivity index (χ1v) is 6.91. The second-order valence-corrected chi connectivity index (χ2v) is 5.07. The predicted molar refractivity (Wildman–Crippen MR) is 68.1 cm³/mol. The first-order chi connectivity index (χ1) is 9.16. The van der Waals surface area contributed by atoms with Crippen molar-refractivity contribution < 1.29 is 15.7 Å². The van der Waals surface area contributed by atoms with E-state index in [2.05, 4.69) is 9.97 Å². The van der Waals surface area contributed by atoms with Crippen molar-refractivity contribution in [1.29, 1.82) is 0 Å². The number of nitrogens with zero attached hydrogens (tertiary/aromatic N) is 1. The van der Waals surface area contributed by atoms with Crippen LogP contribution in [0, 0.1) is 0 Å². The van der Waals surface area contributed by atoms with Crippen LogP contribution in [0.3, 0.4) is 0 Å². The van der Waals surface area contributed by atoms with Crippen molar-refractivity contribution in [2.45, 2.75) is 38.2 Å². The molecule has 1 fully saturated rings. The number of imidazole rings is 1. The summed E-state index contributed by atoms with van der Waals surface area (Å²) < 4.78 is 12.6. The lowest BCUT2D eigenvalue weighted by Crippen LogP contribution is -2.20. The fourth-order valence-electron chi connectivity index (χ4n) is 1.70. The molecule has 1 saturated heterocycles. The number of aryl methyl sites for hydroxylation is 1. The lowest BCUT2D eigenvalue weighted by Gasteiger charge is -2.09. The largest absolute Gasteiger partial charge is 0.453 e. The Morgan fingerprint density at radius 2 is 2.56 bits per heavy atom. The number of hydrogen-bond acceptors (Lipinski definition) is 5. The van der Waals surface area contributed by atoms with Gasteiger partial charge < -0.3 is 9.72 Å². The molecule has 1 aliphatic heterocycles. The van der Waals surface area contributed by atoms with E-state index in [0.717, 1.165) is 30.3 Å². The number of thioether (sulfide) groups is 1. The molecule has 1 N–H and O–H groups in total. The Bertz CT molecular complexity index is 438. The van der Waals surface area contributed by atoms with Crippen molar-refractivity contribution in [2.75, 3.05) is 5.75 Å². The molecule has 2 rings (SSSR count). The van der Waals surface area contributed by atoms with Gasteiger partial charge in [0.15, 0.2) is 6.10 Å². The normalized spacial score (nSPS) is 24.0. The number of carbonyl (C=O) groups is 2. The van der Waals surface area contributed by atoms with Gasteiger partial charge in [0.2, 0.25) is 5.12 Å². The van der Waals surface area contributed by atoms with E-state index in [1.54, 1.807) is 6.33 Å². The Morgan fingerprint density at radius 1 is 1.67 bits per heavy atom. The maximum absolute atomic E-state index is 11.6. The topological polar surface area (TPSA) is 72.1 Å². The Balaban J connectivity index is 1.63. The molecule has 1 aliphatic rings. The average Bonchev–Trinajstić information content (AvgIpc) is 3.00. The van der Waals surface area contributed by atoms with Crippen molar-refractivity contribution in [3.8, 4) is 0 Å². The molecule has 0 aliphatic carbocycles. The molecule has 1 aromatic heterocycles. The first kappa shape index (κ1) is 11.8. The Labute approximate surface area is 111 Å². The van der Waals surface area contributed by atoms with Gasteiger partial charge in [-0.15, -0.1) is 0 Å². The van der Waals surface area contributed by atoms with Crippen molar-refractivity contribution in [3.05, 3.63) is 18.2 Å². The zero-order valence-electron chi connectivity index (χ0n) is 10.9. The number of unbranched alkanes of at least 4 members (excludes halogenated alkanes) is 1. The van der Waals surface area contributed by atoms with Crippen LogP contribution in [0.15, 0.2) is 12.5 Å². The molecule has 0 unspecified atom stereocenters. The summed E-state index contributed by atoms with van der Waals surface area (Å²) in [6, 6.07) is 0. The fourth-order valence-corrected chi connectivity index (χ4v) is 2.44. The smallest absolute Gasteiger partial charge is 0.306 e. The van der Waals surface area contributed by atoms with Crippen LogP contribution >= 0.6 is 11.8 Å². The van der Waals surface area contributed by atoms with Crippen molar-refractivity contribution in [1.82, 2.24) is 9.97 Å². The fraction of sp³-hybridized carbons (Fsp3) is 0.583. The second-order valence-electron chi connectivity index (χ2n) is 4.04. The maximum atomic E-state index is 11.6. The van der Waals surface area contributed by atoms with Gasteiger partial charge in [0.05, 0.1) is 12.0 Å². The minimum absolute atomic E-state index is 0.204. The zero-order chi connectivity index (χ0) is 13.7. The first-order valence-electron chi connectivity index (χ1n) is 6.50. The summed E-state index contributed by atoms with van der Waals surface area (Å²) in [4.78, 5) is 29.9. The molecule has 0 saturated carbocycles. The minimum Gasteiger partial charge on any atom is -0.453 e. The van der Waals surface area contributed by atoms with Crippen LogP contribution in [-0.2, 0) is 20.7 Å². The van der Waals surface area contributed by atoms with Crippen LogP contribution in [0.2, 0.25) is 0 Å². The van der Waals surface area contributed by atoms with E-state index in [4.69, 9.17) is 6.11 Å². The van der Waals surface area contributed by atoms with Crippen LogP contribution in [-0.4, -0.2) is 32.9 Å². The van der Waals surface area contributed by atoms with Gasteiger partial charge in [-0.3, -0.25) is 9.59 Å². The maximum Gasteiger partial charge on any atom is 0.306 e. The average molecular weight is 269 g/mol. The molecule has 2 heterocycles. The van der Waals surface area contributed by atoms with Crippen LogP contribution in [0.5, 0.6) is 0 Å². The highest BCUT2D eigenvalue weighted by molar-refractivity contribution is 8.14. The highest BCUT2D eigenvalue weighted by Gasteiger charge is 2.28. The molecule has 1 aromatic rings. The monoisotopic (exact) mass is 269 g/mol. The Kier molecular flexibility index (Phi) is 4.31. The third-order valence-corrected chi connectivity index (χ3v) is 3.52. The van der Waals surface area contributed by atoms with Crippen molar-refractivity contribution in [3.63, 3.8) is 0 Å². The molecule has 0 bridgehead atoms. The van der Waals surface area contributed by atoms with E-state index >= 15 is 0 Å². The summed E-state index contributed by atoms with van der Waals surface area (Å²) >= 11 is 1.07. The molecular formula is C12H16N2O3S. The third-order valence-electron chi connectivity index (χ3n) is 2.65. The number of H-pyrrole nitrogens is 1. The standard InChI is InChI=1S/C12H16N2O3S/c15-11(17-10-5-6-18-12(10)16)4-2-1-3-9-7-13-8-14-9/h7-8,10H,1-6H2,(H,13,14)/t10-/m0/s1/i5D/t5-,10+/m1. The molecule has 0 aromatic carbocycles. The number of carbonyl (C=O) groups excluding carboxylic acids is 2. The van der Waals surface area contributed by atoms with Gasteiger partial charge in [0, 0.05) is 26.1 Å². The minimum atomic E-state index is -0.871. The van der Waals surface area contributed by atoms with E-state index in [0.29, 0.717) is 12.2 Å². The number of hydrogen-bond donors (Lipinski definition) is 1. The highest BCUT2D eigenvalue weighted by atomic mass is 32.2. The van der Waals surface area contributed by atoms with Gasteiger partial charge in [-0.05, 0) is 19.3 Å². The van der Waals surface area contributed by atoms with Crippen LogP contribution in [0.25, 0.3) is 0 Å². The number of rotatable bonds is 6. The zero-order valence-corrected chi connectivity index (χ0v) is 10.7. The molecule has 0 amide bonds. The number of ether oxygens (including phenoxy) is 1. The van der Waals surface area contributed by atoms with Gasteiger partial charge >= 0.3 is 5.97 Å². The number of aromatic nitrogens is 2. The van der Waals surface area contributed by atoms with Gasteiger partial charge in [0.1, 0.15) is 0 Å². The molecule has 5 nitrogen and oxygen atoms in total. The van der Waals surface area contributed by atoms with E-state index < -0.39 is 12.5 Å². The van der Waals surface area contributed by atoms with Crippen LogP contribution < -0.4 is 0 Å². The van der Waals surface area contributed by atoms with Gasteiger partial charge in [-0.2, -0.15) is 0 Å². The summed E-state index contributed by atoms with van der Waals surface area (Å²) in [5.41, 5.74) is 0.974. The summed E-state index contributed by atoms with van der Waals surface area (Å²) in [7, 11) is 0. The molecule has 6 heteroatoms. The summed E-state index contributed by atoms with van der Waals surface area (Å²) in [5.74, 6) is 0.0239. The Morgan fingerprint density at radius 3 is 3.22 bits per heavy atom. The number of aromatic amines is 1. The number of nitrogens with one attached hydrogen (secondary N) is 1. The highest BCUT2D eigenvalue weighted by Crippen LogP contribution is 2.22. The SMILES string of the molecule is [2H][C@@H]1CSC(=O)[C@H]1OC(=O)CCCCc1c[nH]cn1. The van der Waals surface area contributed by atoms with Gasteiger partial charge in [0.25, 0.3) is 0 Å². The van der Waals surface area contributed by atoms with Crippen LogP contribution in [0.1, 0.15) is 32.7 Å². The summed E-state index contributed by atoms with van der Waals surface area (Å²) in [5, 5.41) is -0.204. The predicted octanol–water partition coefficient (Wildman–Crippen LogP) is 1.70. The van der Waals surface area contributed by atoms with E-state index in [1.165, 1.54) is 0 Å². The van der Waals surface area contributed by atoms with Crippen molar-refractivity contribution in [2.24, 2.45) is 0 Å². The van der Waals surface area contributed by atoms with E-state index in [-0.39, 0.29) is 17.5 Å². The summed E-state index contributed by atoms with van der Waals surface area (Å²) in [6.45, 7) is 0. The van der Waals surface area contributed by atoms with Gasteiger partial charge in [-0.25, -0.2) is 4.98 Å². The lowest BCUT2D eigenvalue weighted by molar-refractivity contribution is -0.152. The van der Waals surface area contributed by atoms with Crippen LogP contribution in [0.4, 0.5) is 0 Å².